The van der Waals surface area contributed by atoms with E-state index >= 15 is 0 Å². The lowest BCUT2D eigenvalue weighted by molar-refractivity contribution is 0.0927. The van der Waals surface area contributed by atoms with Crippen LogP contribution in [0.15, 0.2) is 28.9 Å². The number of amides is 1. The predicted molar refractivity (Wildman–Crippen MR) is 85.9 cm³/mol. The third kappa shape index (κ3) is 4.00. The third-order valence-electron chi connectivity index (χ3n) is 3.70. The van der Waals surface area contributed by atoms with Crippen molar-refractivity contribution in [3.63, 3.8) is 0 Å². The van der Waals surface area contributed by atoms with Crippen LogP contribution < -0.4 is 5.32 Å². The van der Waals surface area contributed by atoms with Gasteiger partial charge in [-0.3, -0.25) is 9.48 Å². The molecule has 1 N–H and O–H groups in total. The van der Waals surface area contributed by atoms with Crippen molar-refractivity contribution in [3.05, 3.63) is 41.6 Å². The molecule has 0 fully saturated rings. The van der Waals surface area contributed by atoms with Crippen LogP contribution in [0.4, 0.5) is 0 Å². The molecule has 0 aliphatic carbocycles. The van der Waals surface area contributed by atoms with Crippen molar-refractivity contribution in [2.45, 2.75) is 59.0 Å². The van der Waals surface area contributed by atoms with E-state index in [1.807, 2.05) is 32.0 Å². The maximum absolute atomic E-state index is 12.4. The third-order valence-corrected chi connectivity index (χ3v) is 3.70. The fourth-order valence-electron chi connectivity index (χ4n) is 2.33. The lowest BCUT2D eigenvalue weighted by Crippen LogP contribution is -2.34. The van der Waals surface area contributed by atoms with Crippen LogP contribution in [0.1, 0.15) is 62.0 Å². The Kier molecular flexibility index (Phi) is 5.41. The van der Waals surface area contributed by atoms with Crippen LogP contribution >= 0.6 is 0 Å². The number of rotatable bonds is 7. The summed E-state index contributed by atoms with van der Waals surface area (Å²) in [5, 5.41) is 7.53. The molecular weight excluding hydrogens is 278 g/mol. The van der Waals surface area contributed by atoms with E-state index in [4.69, 9.17) is 4.42 Å². The molecule has 0 saturated heterocycles. The lowest BCUT2D eigenvalue weighted by atomic mass is 10.1. The summed E-state index contributed by atoms with van der Waals surface area (Å²) in [6.45, 7) is 8.85. The number of hydrogen-bond donors (Lipinski definition) is 1. The van der Waals surface area contributed by atoms with Crippen molar-refractivity contribution in [2.75, 3.05) is 0 Å². The number of carbonyl (C=O) groups is 1. The minimum Gasteiger partial charge on any atom is -0.469 e. The van der Waals surface area contributed by atoms with E-state index in [2.05, 4.69) is 24.3 Å². The summed E-state index contributed by atoms with van der Waals surface area (Å²) in [5.74, 6) is 1.20. The first-order valence-corrected chi connectivity index (χ1v) is 7.92. The van der Waals surface area contributed by atoms with Gasteiger partial charge < -0.3 is 9.73 Å². The van der Waals surface area contributed by atoms with E-state index in [0.29, 0.717) is 18.2 Å². The largest absolute Gasteiger partial charge is 0.469 e. The smallest absolute Gasteiger partial charge is 0.269 e. The number of furan rings is 1. The monoisotopic (exact) mass is 303 g/mol. The first-order chi connectivity index (χ1) is 10.5. The highest BCUT2D eigenvalue weighted by Crippen LogP contribution is 2.15. The summed E-state index contributed by atoms with van der Waals surface area (Å²) in [7, 11) is 0. The molecule has 2 aromatic rings. The van der Waals surface area contributed by atoms with Gasteiger partial charge in [0.1, 0.15) is 11.5 Å². The van der Waals surface area contributed by atoms with Gasteiger partial charge in [0.05, 0.1) is 12.0 Å². The highest BCUT2D eigenvalue weighted by molar-refractivity contribution is 5.92. The average molecular weight is 303 g/mol. The molecule has 2 rings (SSSR count). The molecule has 0 unspecified atom stereocenters. The second-order valence-electron chi connectivity index (χ2n) is 5.92. The Morgan fingerprint density at radius 3 is 2.77 bits per heavy atom. The summed E-state index contributed by atoms with van der Waals surface area (Å²) in [5.41, 5.74) is 1.59. The van der Waals surface area contributed by atoms with Crippen LogP contribution in [-0.4, -0.2) is 21.7 Å². The van der Waals surface area contributed by atoms with E-state index in [9.17, 15) is 4.79 Å². The molecule has 0 aromatic carbocycles. The molecule has 120 valence electrons. The Balaban J connectivity index is 1.96. The van der Waals surface area contributed by atoms with Crippen LogP contribution in [0.3, 0.4) is 0 Å². The maximum atomic E-state index is 12.4. The Hall–Kier alpha value is -2.04. The first-order valence-electron chi connectivity index (χ1n) is 7.92. The normalized spacial score (nSPS) is 12.6. The van der Waals surface area contributed by atoms with Crippen LogP contribution in [0, 0.1) is 0 Å². The fourth-order valence-corrected chi connectivity index (χ4v) is 2.33. The van der Waals surface area contributed by atoms with E-state index < -0.39 is 0 Å². The van der Waals surface area contributed by atoms with Crippen LogP contribution in [-0.2, 0) is 13.0 Å². The van der Waals surface area contributed by atoms with Gasteiger partial charge in [-0.05, 0) is 44.4 Å². The second kappa shape index (κ2) is 7.29. The zero-order valence-electron chi connectivity index (χ0n) is 13.8. The Morgan fingerprint density at radius 1 is 1.41 bits per heavy atom. The van der Waals surface area contributed by atoms with Gasteiger partial charge in [-0.15, -0.1) is 0 Å². The van der Waals surface area contributed by atoms with Crippen LogP contribution in [0.25, 0.3) is 0 Å². The number of hydrogen-bond acceptors (Lipinski definition) is 3. The molecule has 2 heterocycles. The van der Waals surface area contributed by atoms with E-state index in [-0.39, 0.29) is 11.9 Å². The van der Waals surface area contributed by atoms with Crippen molar-refractivity contribution in [1.82, 2.24) is 15.1 Å². The molecule has 5 nitrogen and oxygen atoms in total. The molecule has 1 atom stereocenters. The molecule has 2 aromatic heterocycles. The molecular formula is C17H25N3O2. The van der Waals surface area contributed by atoms with Crippen molar-refractivity contribution in [3.8, 4) is 0 Å². The SMILES string of the molecule is CCn1nc(C(C)C)cc1C(=O)N[C@@H](C)CCc1ccco1. The van der Waals surface area contributed by atoms with Gasteiger partial charge in [0.15, 0.2) is 0 Å². The molecule has 0 bridgehead atoms. The van der Waals surface area contributed by atoms with Crippen molar-refractivity contribution in [2.24, 2.45) is 0 Å². The minimum atomic E-state index is -0.0619. The van der Waals surface area contributed by atoms with E-state index in [1.165, 1.54) is 0 Å². The van der Waals surface area contributed by atoms with Gasteiger partial charge in [0.25, 0.3) is 5.91 Å². The quantitative estimate of drug-likeness (QED) is 0.853. The molecule has 0 radical (unpaired) electrons. The van der Waals surface area contributed by atoms with Gasteiger partial charge in [-0.25, -0.2) is 0 Å². The van der Waals surface area contributed by atoms with Gasteiger partial charge in [-0.2, -0.15) is 5.10 Å². The molecule has 22 heavy (non-hydrogen) atoms. The highest BCUT2D eigenvalue weighted by atomic mass is 16.3. The standard InChI is InChI=1S/C17H25N3O2/c1-5-20-16(11-15(19-20)12(2)3)17(21)18-13(4)8-9-14-7-6-10-22-14/h6-7,10-13H,5,8-9H2,1-4H3,(H,18,21)/t13-/m0/s1. The van der Waals surface area contributed by atoms with Crippen LogP contribution in [0.5, 0.6) is 0 Å². The Labute approximate surface area is 131 Å². The number of nitrogens with one attached hydrogen (secondary N) is 1. The zero-order valence-corrected chi connectivity index (χ0v) is 13.8. The maximum Gasteiger partial charge on any atom is 0.269 e. The summed E-state index contributed by atoms with van der Waals surface area (Å²) < 4.78 is 7.08. The number of aryl methyl sites for hydroxylation is 2. The van der Waals surface area contributed by atoms with Gasteiger partial charge in [-0.1, -0.05) is 13.8 Å². The van der Waals surface area contributed by atoms with Gasteiger partial charge in [0, 0.05) is 19.0 Å². The molecule has 0 aliphatic heterocycles. The molecule has 0 spiro atoms. The van der Waals surface area contributed by atoms with Crippen molar-refractivity contribution < 1.29 is 9.21 Å². The summed E-state index contributed by atoms with van der Waals surface area (Å²) in [6, 6.07) is 5.81. The molecule has 0 saturated carbocycles. The first kappa shape index (κ1) is 16.3. The minimum absolute atomic E-state index is 0.0619. The van der Waals surface area contributed by atoms with Gasteiger partial charge in [0.2, 0.25) is 0 Å². The Morgan fingerprint density at radius 2 is 2.18 bits per heavy atom. The summed E-state index contributed by atoms with van der Waals surface area (Å²) in [6.07, 6.45) is 3.33. The Bertz CT molecular complexity index is 599. The molecule has 1 amide bonds. The van der Waals surface area contributed by atoms with Gasteiger partial charge >= 0.3 is 0 Å². The summed E-state index contributed by atoms with van der Waals surface area (Å²) >= 11 is 0. The number of aromatic nitrogens is 2. The lowest BCUT2D eigenvalue weighted by Gasteiger charge is -2.13. The van der Waals surface area contributed by atoms with Crippen LogP contribution in [0.2, 0.25) is 0 Å². The summed E-state index contributed by atoms with van der Waals surface area (Å²) in [4.78, 5) is 12.4. The zero-order chi connectivity index (χ0) is 16.1. The second-order valence-corrected chi connectivity index (χ2v) is 5.92. The average Bonchev–Trinajstić information content (AvgIpc) is 3.14. The number of nitrogens with zero attached hydrogens (tertiary/aromatic N) is 2. The number of carbonyl (C=O) groups excluding carboxylic acids is 1. The fraction of sp³-hybridized carbons (Fsp3) is 0.529. The van der Waals surface area contributed by atoms with E-state index in [0.717, 1.165) is 24.3 Å². The molecule has 0 aliphatic rings. The van der Waals surface area contributed by atoms with E-state index in [1.54, 1.807) is 10.9 Å². The highest BCUT2D eigenvalue weighted by Gasteiger charge is 2.17. The van der Waals surface area contributed by atoms with Crippen molar-refractivity contribution in [1.29, 1.82) is 0 Å². The molecule has 5 heteroatoms. The topological polar surface area (TPSA) is 60.1 Å². The predicted octanol–water partition coefficient (Wildman–Crippen LogP) is 3.37. The van der Waals surface area contributed by atoms with Crippen molar-refractivity contribution >= 4 is 5.91 Å².